The Balaban J connectivity index is 1.77. The molecule has 0 aliphatic rings. The van der Waals surface area contributed by atoms with Crippen LogP contribution in [0.2, 0.25) is 10.0 Å². The molecular formula is C20H23Cl2N5O. The first-order valence-corrected chi connectivity index (χ1v) is 10.1. The SMILES string of the molecule is CCCCCCNC(=O)c1cnc2c(c1)nc(Nc1c(Cl)cccc1Cl)n2C. The number of aromatic nitrogens is 3. The van der Waals surface area contributed by atoms with Gasteiger partial charge in [-0.15, -0.1) is 0 Å². The number of hydrogen-bond donors (Lipinski definition) is 2. The van der Waals surface area contributed by atoms with E-state index < -0.39 is 0 Å². The van der Waals surface area contributed by atoms with E-state index in [4.69, 9.17) is 23.2 Å². The number of rotatable bonds is 8. The summed E-state index contributed by atoms with van der Waals surface area (Å²) in [6, 6.07) is 7.02. The summed E-state index contributed by atoms with van der Waals surface area (Å²) in [5, 5.41) is 7.07. The van der Waals surface area contributed by atoms with E-state index in [1.54, 1.807) is 35.0 Å². The van der Waals surface area contributed by atoms with Gasteiger partial charge in [0, 0.05) is 19.8 Å². The number of benzene rings is 1. The molecule has 0 spiro atoms. The maximum Gasteiger partial charge on any atom is 0.252 e. The highest BCUT2D eigenvalue weighted by molar-refractivity contribution is 6.39. The van der Waals surface area contributed by atoms with Crippen molar-refractivity contribution in [3.8, 4) is 0 Å². The van der Waals surface area contributed by atoms with Gasteiger partial charge in [-0.3, -0.25) is 9.36 Å². The number of hydrogen-bond acceptors (Lipinski definition) is 4. The first-order chi connectivity index (χ1) is 13.5. The quantitative estimate of drug-likeness (QED) is 0.484. The van der Waals surface area contributed by atoms with Crippen LogP contribution in [0.3, 0.4) is 0 Å². The van der Waals surface area contributed by atoms with Gasteiger partial charge in [-0.05, 0) is 24.6 Å². The smallest absolute Gasteiger partial charge is 0.252 e. The molecule has 0 saturated heterocycles. The summed E-state index contributed by atoms with van der Waals surface area (Å²) in [6.07, 6.45) is 6.02. The van der Waals surface area contributed by atoms with Gasteiger partial charge in [-0.2, -0.15) is 0 Å². The zero-order valence-corrected chi connectivity index (χ0v) is 17.4. The van der Waals surface area contributed by atoms with E-state index in [0.717, 1.165) is 12.8 Å². The maximum atomic E-state index is 12.4. The monoisotopic (exact) mass is 419 g/mol. The normalized spacial score (nSPS) is 11.0. The van der Waals surface area contributed by atoms with Gasteiger partial charge in [0.25, 0.3) is 5.91 Å². The predicted molar refractivity (Wildman–Crippen MR) is 115 cm³/mol. The number of anilines is 2. The highest BCUT2D eigenvalue weighted by Gasteiger charge is 2.15. The minimum atomic E-state index is -0.139. The van der Waals surface area contributed by atoms with Crippen LogP contribution in [0.5, 0.6) is 0 Å². The Morgan fingerprint density at radius 3 is 2.64 bits per heavy atom. The number of fused-ring (bicyclic) bond motifs is 1. The van der Waals surface area contributed by atoms with Crippen molar-refractivity contribution >= 4 is 51.9 Å². The van der Waals surface area contributed by atoms with Crippen LogP contribution in [0.1, 0.15) is 43.0 Å². The van der Waals surface area contributed by atoms with Crippen molar-refractivity contribution < 1.29 is 4.79 Å². The number of nitrogens with one attached hydrogen (secondary N) is 2. The number of imidazole rings is 1. The molecular weight excluding hydrogens is 397 g/mol. The Morgan fingerprint density at radius 1 is 1.18 bits per heavy atom. The maximum absolute atomic E-state index is 12.4. The lowest BCUT2D eigenvalue weighted by Gasteiger charge is -2.09. The van der Waals surface area contributed by atoms with Crippen LogP contribution >= 0.6 is 23.2 Å². The number of pyridine rings is 1. The topological polar surface area (TPSA) is 71.8 Å². The largest absolute Gasteiger partial charge is 0.352 e. The number of nitrogens with zero attached hydrogens (tertiary/aromatic N) is 3. The van der Waals surface area contributed by atoms with Crippen LogP contribution in [0.15, 0.2) is 30.5 Å². The average Bonchev–Trinajstić information content (AvgIpc) is 2.99. The summed E-state index contributed by atoms with van der Waals surface area (Å²) in [7, 11) is 1.84. The molecule has 2 aromatic heterocycles. The van der Waals surface area contributed by atoms with Gasteiger partial charge < -0.3 is 10.6 Å². The van der Waals surface area contributed by atoms with Gasteiger partial charge in [-0.25, -0.2) is 9.97 Å². The third-order valence-electron chi connectivity index (χ3n) is 4.49. The van der Waals surface area contributed by atoms with Crippen LogP contribution < -0.4 is 10.6 Å². The molecule has 0 saturated carbocycles. The van der Waals surface area contributed by atoms with Crippen LogP contribution in [-0.2, 0) is 7.05 Å². The third-order valence-corrected chi connectivity index (χ3v) is 5.12. The molecule has 3 aromatic rings. The number of halogens is 2. The molecule has 0 atom stereocenters. The van der Waals surface area contributed by atoms with Gasteiger partial charge in [0.05, 0.1) is 21.3 Å². The van der Waals surface area contributed by atoms with Gasteiger partial charge >= 0.3 is 0 Å². The standard InChI is InChI=1S/C20H23Cl2N5O/c1-3-4-5-6-10-23-19(28)13-11-16-18(24-12-13)27(2)20(25-16)26-17-14(21)8-7-9-15(17)22/h7-9,11-12H,3-6,10H2,1-2H3,(H,23,28)(H,25,26). The van der Waals surface area contributed by atoms with E-state index in [2.05, 4.69) is 27.5 Å². The van der Waals surface area contributed by atoms with Crippen molar-refractivity contribution in [2.45, 2.75) is 32.6 Å². The molecule has 0 radical (unpaired) electrons. The molecule has 3 rings (SSSR count). The summed E-state index contributed by atoms with van der Waals surface area (Å²) in [5.41, 5.74) is 2.34. The first kappa shape index (κ1) is 20.4. The van der Waals surface area contributed by atoms with E-state index >= 15 is 0 Å². The fraction of sp³-hybridized carbons (Fsp3) is 0.350. The fourth-order valence-electron chi connectivity index (χ4n) is 2.90. The molecule has 2 heterocycles. The molecule has 0 aliphatic carbocycles. The lowest BCUT2D eigenvalue weighted by molar-refractivity contribution is 0.0952. The van der Waals surface area contributed by atoms with Crippen LogP contribution in [0, 0.1) is 0 Å². The number of amides is 1. The average molecular weight is 420 g/mol. The summed E-state index contributed by atoms with van der Waals surface area (Å²) in [5.74, 6) is 0.398. The molecule has 0 fully saturated rings. The van der Waals surface area contributed by atoms with Crippen molar-refractivity contribution in [3.63, 3.8) is 0 Å². The first-order valence-electron chi connectivity index (χ1n) is 9.33. The molecule has 148 valence electrons. The minimum Gasteiger partial charge on any atom is -0.352 e. The summed E-state index contributed by atoms with van der Waals surface area (Å²) in [4.78, 5) is 21.3. The van der Waals surface area contributed by atoms with Crippen LogP contribution in [-0.4, -0.2) is 27.0 Å². The van der Waals surface area contributed by atoms with Crippen molar-refractivity contribution in [1.82, 2.24) is 19.9 Å². The molecule has 0 aliphatic heterocycles. The van der Waals surface area contributed by atoms with E-state index in [9.17, 15) is 4.79 Å². The van der Waals surface area contributed by atoms with E-state index in [1.807, 2.05) is 7.05 Å². The van der Waals surface area contributed by atoms with Crippen LogP contribution in [0.25, 0.3) is 11.2 Å². The molecule has 28 heavy (non-hydrogen) atoms. The Hall–Kier alpha value is -2.31. The highest BCUT2D eigenvalue weighted by atomic mass is 35.5. The molecule has 8 heteroatoms. The van der Waals surface area contributed by atoms with Crippen molar-refractivity contribution in [2.24, 2.45) is 7.05 Å². The molecule has 1 amide bonds. The number of para-hydroxylation sites is 1. The second-order valence-corrected chi connectivity index (χ2v) is 7.41. The van der Waals surface area contributed by atoms with Crippen molar-refractivity contribution in [3.05, 3.63) is 46.1 Å². The van der Waals surface area contributed by atoms with E-state index in [1.165, 1.54) is 12.8 Å². The fourth-order valence-corrected chi connectivity index (χ4v) is 3.39. The Morgan fingerprint density at radius 2 is 1.93 bits per heavy atom. The van der Waals surface area contributed by atoms with Gasteiger partial charge in [-0.1, -0.05) is 55.5 Å². The zero-order valence-electron chi connectivity index (χ0n) is 15.9. The zero-order chi connectivity index (χ0) is 20.1. The van der Waals surface area contributed by atoms with Gasteiger partial charge in [0.15, 0.2) is 5.65 Å². The number of carbonyl (C=O) groups excluding carboxylic acids is 1. The number of carbonyl (C=O) groups is 1. The Labute approximate surface area is 174 Å². The molecule has 1 aromatic carbocycles. The highest BCUT2D eigenvalue weighted by Crippen LogP contribution is 2.32. The second-order valence-electron chi connectivity index (χ2n) is 6.60. The summed E-state index contributed by atoms with van der Waals surface area (Å²) >= 11 is 12.4. The summed E-state index contributed by atoms with van der Waals surface area (Å²) < 4.78 is 1.79. The molecule has 0 bridgehead atoms. The number of aryl methyl sites for hydroxylation is 1. The molecule has 6 nitrogen and oxygen atoms in total. The van der Waals surface area contributed by atoms with E-state index in [0.29, 0.717) is 45.0 Å². The molecule has 2 N–H and O–H groups in total. The van der Waals surface area contributed by atoms with Crippen LogP contribution in [0.4, 0.5) is 11.6 Å². The van der Waals surface area contributed by atoms with Crippen molar-refractivity contribution in [1.29, 1.82) is 0 Å². The minimum absolute atomic E-state index is 0.139. The lowest BCUT2D eigenvalue weighted by atomic mass is 10.2. The second kappa shape index (κ2) is 9.26. The molecule has 0 unspecified atom stereocenters. The summed E-state index contributed by atoms with van der Waals surface area (Å²) in [6.45, 7) is 2.83. The predicted octanol–water partition coefficient (Wildman–Crippen LogP) is 5.33. The van der Waals surface area contributed by atoms with Crippen molar-refractivity contribution in [2.75, 3.05) is 11.9 Å². The third kappa shape index (κ3) is 4.56. The Bertz CT molecular complexity index is 966. The lowest BCUT2D eigenvalue weighted by Crippen LogP contribution is -2.24. The Kier molecular flexibility index (Phi) is 6.75. The van der Waals surface area contributed by atoms with Gasteiger partial charge in [0.2, 0.25) is 5.95 Å². The van der Waals surface area contributed by atoms with E-state index in [-0.39, 0.29) is 5.91 Å². The van der Waals surface area contributed by atoms with Gasteiger partial charge in [0.1, 0.15) is 5.52 Å². The number of unbranched alkanes of at least 4 members (excludes halogenated alkanes) is 3.